The molecule has 1 heterocycles. The second kappa shape index (κ2) is 7.84. The van der Waals surface area contributed by atoms with Gasteiger partial charge in [-0.25, -0.2) is 9.97 Å². The molecule has 6 nitrogen and oxygen atoms in total. The summed E-state index contributed by atoms with van der Waals surface area (Å²) >= 11 is 6.06. The summed E-state index contributed by atoms with van der Waals surface area (Å²) in [4.78, 5) is 19.7. The van der Waals surface area contributed by atoms with Gasteiger partial charge in [-0.15, -0.1) is 0 Å². The van der Waals surface area contributed by atoms with Gasteiger partial charge in [0, 0.05) is 35.1 Å². The predicted molar refractivity (Wildman–Crippen MR) is 106 cm³/mol. The number of halogens is 1. The second-order valence-corrected chi connectivity index (χ2v) is 6.20. The van der Waals surface area contributed by atoms with Gasteiger partial charge in [-0.2, -0.15) is 0 Å². The lowest BCUT2D eigenvalue weighted by Crippen LogP contribution is -2.06. The van der Waals surface area contributed by atoms with Crippen molar-refractivity contribution in [3.63, 3.8) is 0 Å². The van der Waals surface area contributed by atoms with E-state index in [1.54, 1.807) is 6.07 Å². The number of carbonyl (C=O) groups is 1. The van der Waals surface area contributed by atoms with Gasteiger partial charge in [0.25, 0.3) is 0 Å². The minimum absolute atomic E-state index is 0.118. The maximum absolute atomic E-state index is 11.2. The molecule has 132 valence electrons. The first-order valence-corrected chi connectivity index (χ1v) is 8.37. The van der Waals surface area contributed by atoms with E-state index in [4.69, 9.17) is 11.6 Å². The molecule has 1 aromatic heterocycles. The molecule has 7 heteroatoms. The fourth-order valence-electron chi connectivity index (χ4n) is 2.39. The molecular weight excluding hydrogens is 350 g/mol. The lowest BCUT2D eigenvalue weighted by atomic mass is 10.2. The van der Waals surface area contributed by atoms with Crippen molar-refractivity contribution < 1.29 is 4.79 Å². The molecule has 3 rings (SSSR count). The molecule has 3 N–H and O–H groups in total. The quantitative estimate of drug-likeness (QED) is 0.598. The lowest BCUT2D eigenvalue weighted by Gasteiger charge is -2.11. The van der Waals surface area contributed by atoms with Gasteiger partial charge in [0.05, 0.1) is 0 Å². The molecule has 0 fully saturated rings. The molecular formula is C19H18ClN5O. The van der Waals surface area contributed by atoms with Crippen LogP contribution in [0.15, 0.2) is 54.9 Å². The summed E-state index contributed by atoms with van der Waals surface area (Å²) < 4.78 is 0. The van der Waals surface area contributed by atoms with Crippen LogP contribution >= 0.6 is 11.6 Å². The lowest BCUT2D eigenvalue weighted by molar-refractivity contribution is -0.114. The monoisotopic (exact) mass is 367 g/mol. The summed E-state index contributed by atoms with van der Waals surface area (Å²) in [5.74, 6) is 1.15. The third-order valence-electron chi connectivity index (χ3n) is 3.58. The van der Waals surface area contributed by atoms with Crippen molar-refractivity contribution >= 4 is 46.2 Å². The number of benzene rings is 2. The van der Waals surface area contributed by atoms with Crippen LogP contribution in [0.4, 0.5) is 28.7 Å². The van der Waals surface area contributed by atoms with Crippen LogP contribution in [0.3, 0.4) is 0 Å². The first-order valence-electron chi connectivity index (χ1n) is 7.99. The van der Waals surface area contributed by atoms with Crippen LogP contribution in [0, 0.1) is 6.92 Å². The number of anilines is 5. The van der Waals surface area contributed by atoms with Crippen LogP contribution in [-0.4, -0.2) is 15.9 Å². The van der Waals surface area contributed by atoms with E-state index in [1.807, 2.05) is 49.4 Å². The number of nitrogens with one attached hydrogen (secondary N) is 3. The molecule has 0 bridgehead atoms. The Kier molecular flexibility index (Phi) is 5.34. The Morgan fingerprint density at radius 1 is 0.962 bits per heavy atom. The van der Waals surface area contributed by atoms with E-state index in [-0.39, 0.29) is 5.91 Å². The Hall–Kier alpha value is -3.12. The average Bonchev–Trinajstić information content (AvgIpc) is 2.58. The van der Waals surface area contributed by atoms with E-state index < -0.39 is 0 Å². The fraction of sp³-hybridized carbons (Fsp3) is 0.105. The highest BCUT2D eigenvalue weighted by Gasteiger charge is 2.04. The Labute approximate surface area is 156 Å². The Morgan fingerprint density at radius 3 is 2.46 bits per heavy atom. The zero-order valence-electron chi connectivity index (χ0n) is 14.4. The van der Waals surface area contributed by atoms with Gasteiger partial charge >= 0.3 is 0 Å². The molecule has 0 aliphatic rings. The topological polar surface area (TPSA) is 78.9 Å². The largest absolute Gasteiger partial charge is 0.340 e. The van der Waals surface area contributed by atoms with Crippen molar-refractivity contribution in [3.05, 3.63) is 65.4 Å². The molecule has 0 radical (unpaired) electrons. The van der Waals surface area contributed by atoms with E-state index in [1.165, 1.54) is 13.3 Å². The van der Waals surface area contributed by atoms with Gasteiger partial charge in [0.2, 0.25) is 5.91 Å². The van der Waals surface area contributed by atoms with E-state index >= 15 is 0 Å². The van der Waals surface area contributed by atoms with Crippen LogP contribution in [0.5, 0.6) is 0 Å². The smallest absolute Gasteiger partial charge is 0.221 e. The number of nitrogens with zero attached hydrogens (tertiary/aromatic N) is 2. The highest BCUT2D eigenvalue weighted by molar-refractivity contribution is 6.30. The van der Waals surface area contributed by atoms with E-state index in [0.717, 1.165) is 16.9 Å². The summed E-state index contributed by atoms with van der Waals surface area (Å²) in [5, 5.41) is 9.85. The molecule has 0 aliphatic carbocycles. The molecule has 0 aliphatic heterocycles. The second-order valence-electron chi connectivity index (χ2n) is 5.76. The third kappa shape index (κ3) is 4.70. The molecule has 0 spiro atoms. The summed E-state index contributed by atoms with van der Waals surface area (Å²) in [6.45, 7) is 3.47. The van der Waals surface area contributed by atoms with Crippen LogP contribution in [-0.2, 0) is 4.79 Å². The Bertz CT molecular complexity index is 945. The Morgan fingerprint density at radius 2 is 1.69 bits per heavy atom. The summed E-state index contributed by atoms with van der Waals surface area (Å²) in [5.41, 5.74) is 3.46. The maximum Gasteiger partial charge on any atom is 0.221 e. The summed E-state index contributed by atoms with van der Waals surface area (Å²) in [7, 11) is 0. The molecule has 1 amide bonds. The van der Waals surface area contributed by atoms with Crippen LogP contribution in [0.25, 0.3) is 0 Å². The third-order valence-corrected chi connectivity index (χ3v) is 3.82. The fourth-order valence-corrected chi connectivity index (χ4v) is 2.56. The van der Waals surface area contributed by atoms with Crippen molar-refractivity contribution in [2.75, 3.05) is 16.0 Å². The summed E-state index contributed by atoms with van der Waals surface area (Å²) in [6.07, 6.45) is 1.47. The predicted octanol–water partition coefficient (Wildman–Crippen LogP) is 4.88. The molecule has 3 aromatic rings. The van der Waals surface area contributed by atoms with Gasteiger partial charge < -0.3 is 16.0 Å². The minimum Gasteiger partial charge on any atom is -0.340 e. The number of aromatic nitrogens is 2. The minimum atomic E-state index is -0.118. The normalized spacial score (nSPS) is 10.3. The molecule has 0 atom stereocenters. The summed E-state index contributed by atoms with van der Waals surface area (Å²) in [6, 6.07) is 14.8. The number of hydrogen-bond donors (Lipinski definition) is 3. The number of hydrogen-bond acceptors (Lipinski definition) is 5. The average molecular weight is 368 g/mol. The van der Waals surface area contributed by atoms with Crippen LogP contribution in [0.2, 0.25) is 5.02 Å². The van der Waals surface area contributed by atoms with Gasteiger partial charge in [0.15, 0.2) is 0 Å². The van der Waals surface area contributed by atoms with Gasteiger partial charge in [-0.1, -0.05) is 23.7 Å². The maximum atomic E-state index is 11.2. The van der Waals surface area contributed by atoms with Crippen molar-refractivity contribution in [1.82, 2.24) is 9.97 Å². The number of rotatable bonds is 5. The number of carbonyl (C=O) groups excluding carboxylic acids is 1. The highest BCUT2D eigenvalue weighted by atomic mass is 35.5. The van der Waals surface area contributed by atoms with Gasteiger partial charge in [-0.05, 0) is 42.8 Å². The van der Waals surface area contributed by atoms with Crippen LogP contribution < -0.4 is 16.0 Å². The SMILES string of the molecule is CC(=O)Nc1cccc(Nc2cc(Nc3cc(Cl)ccc3C)ncn2)c1. The van der Waals surface area contributed by atoms with Gasteiger partial charge in [-0.3, -0.25) is 4.79 Å². The van der Waals surface area contributed by atoms with Crippen molar-refractivity contribution in [2.24, 2.45) is 0 Å². The first-order chi connectivity index (χ1) is 12.5. The van der Waals surface area contributed by atoms with E-state index in [0.29, 0.717) is 22.3 Å². The zero-order valence-corrected chi connectivity index (χ0v) is 15.1. The molecule has 2 aromatic carbocycles. The van der Waals surface area contributed by atoms with Crippen LogP contribution in [0.1, 0.15) is 12.5 Å². The van der Waals surface area contributed by atoms with Crippen molar-refractivity contribution in [1.29, 1.82) is 0 Å². The van der Waals surface area contributed by atoms with Crippen molar-refractivity contribution in [2.45, 2.75) is 13.8 Å². The molecule has 0 saturated heterocycles. The molecule has 0 unspecified atom stereocenters. The number of amides is 1. The Balaban J connectivity index is 1.77. The van der Waals surface area contributed by atoms with E-state index in [9.17, 15) is 4.79 Å². The van der Waals surface area contributed by atoms with E-state index in [2.05, 4.69) is 25.9 Å². The zero-order chi connectivity index (χ0) is 18.5. The standard InChI is InChI=1S/C19H18ClN5O/c1-12-6-7-14(20)8-17(12)25-19-10-18(21-11-22-19)24-16-5-3-4-15(9-16)23-13(2)26/h3-11H,1-2H3,(H,23,26)(H2,21,22,24,25). The molecule has 0 saturated carbocycles. The van der Waals surface area contributed by atoms with Crippen molar-refractivity contribution in [3.8, 4) is 0 Å². The first kappa shape index (κ1) is 17.7. The number of aryl methyl sites for hydroxylation is 1. The highest BCUT2D eigenvalue weighted by Crippen LogP contribution is 2.25. The van der Waals surface area contributed by atoms with Gasteiger partial charge in [0.1, 0.15) is 18.0 Å². The molecule has 26 heavy (non-hydrogen) atoms.